The van der Waals surface area contributed by atoms with Gasteiger partial charge in [0.2, 0.25) is 0 Å². The number of anilines is 1. The highest BCUT2D eigenvalue weighted by molar-refractivity contribution is 7.52. The molecule has 3 N–H and O–H groups in total. The highest BCUT2D eigenvalue weighted by Crippen LogP contribution is 2.47. The lowest BCUT2D eigenvalue weighted by Gasteiger charge is -2.35. The van der Waals surface area contributed by atoms with E-state index in [4.69, 9.17) is 38.2 Å². The summed E-state index contributed by atoms with van der Waals surface area (Å²) in [5, 5.41) is 2.78. The van der Waals surface area contributed by atoms with Gasteiger partial charge in [-0.15, -0.1) is 0 Å². The molecular formula is C32H44N5O6P. The maximum atomic E-state index is 14.8. The van der Waals surface area contributed by atoms with Crippen LogP contribution in [-0.4, -0.2) is 45.8 Å². The fourth-order valence-corrected chi connectivity index (χ4v) is 6.28. The molecule has 0 fully saturated rings. The van der Waals surface area contributed by atoms with Gasteiger partial charge >= 0.3 is 13.7 Å². The first kappa shape index (κ1) is 22.1. The Morgan fingerprint density at radius 1 is 1.14 bits per heavy atom. The smallest absolute Gasteiger partial charge is 0.459 e. The minimum Gasteiger partial charge on any atom is -0.462 e. The van der Waals surface area contributed by atoms with Gasteiger partial charge in [0.25, 0.3) is 0 Å². The van der Waals surface area contributed by atoms with Gasteiger partial charge in [0.1, 0.15) is 29.7 Å². The summed E-state index contributed by atoms with van der Waals surface area (Å²) in [6, 6.07) is 12.0. The number of pyridine rings is 1. The summed E-state index contributed by atoms with van der Waals surface area (Å²) in [7, 11) is -5.03. The molecular weight excluding hydrogens is 581 g/mol. The Labute approximate surface area is 273 Å². The molecule has 238 valence electrons. The Kier molecular flexibility index (Phi) is 7.29. The number of hydrogen-bond acceptors (Lipinski definition) is 9. The molecule has 4 aromatic rings. The maximum absolute atomic E-state index is 14.8. The zero-order valence-electron chi connectivity index (χ0n) is 34.8. The molecule has 3 atom stereocenters. The van der Waals surface area contributed by atoms with Crippen LogP contribution in [0.4, 0.5) is 5.82 Å². The van der Waals surface area contributed by atoms with Crippen LogP contribution in [0.5, 0.6) is 5.75 Å². The molecule has 12 heteroatoms. The molecule has 0 radical (unpaired) electrons. The number of nitrogens with two attached hydrogens (primary N) is 1. The molecule has 0 aliphatic carbocycles. The van der Waals surface area contributed by atoms with Gasteiger partial charge in [-0.1, -0.05) is 56.2 Å². The zero-order valence-corrected chi connectivity index (χ0v) is 25.7. The molecule has 0 saturated heterocycles. The quantitative estimate of drug-likeness (QED) is 0.100. The minimum atomic E-state index is -5.03. The lowest BCUT2D eigenvalue weighted by atomic mass is 9.94. The normalized spacial score (nSPS) is 19.7. The number of esters is 1. The lowest BCUT2D eigenvalue weighted by Crippen LogP contribution is -2.40. The number of para-hydroxylation sites is 2. The van der Waals surface area contributed by atoms with Crippen molar-refractivity contribution in [3.8, 4) is 5.75 Å². The molecule has 0 unspecified atom stereocenters. The number of hydrogen-bond donors (Lipinski definition) is 2. The SMILES string of the molecule is [2H]C([2H])([2H])[C@H](N[P@](=O)(OC[C@@](C)(CCCC)n1c(COCC)nc2c(N)nc3ccccc3c21)Oc1ccccc1)C(=O)OC([2H])(C([2H])([2H])[2H])C([2H])([2H])[2H]. The van der Waals surface area contributed by atoms with E-state index in [1.807, 2.05) is 30.5 Å². The van der Waals surface area contributed by atoms with Crippen molar-refractivity contribution in [1.29, 1.82) is 0 Å². The van der Waals surface area contributed by atoms with Crippen LogP contribution in [0.3, 0.4) is 0 Å². The summed E-state index contributed by atoms with van der Waals surface area (Å²) in [5.41, 5.74) is 6.78. The lowest BCUT2D eigenvalue weighted by molar-refractivity contribution is -0.149. The summed E-state index contributed by atoms with van der Waals surface area (Å²) >= 11 is 0. The van der Waals surface area contributed by atoms with E-state index in [1.165, 1.54) is 24.3 Å². The first-order valence-corrected chi connectivity index (χ1v) is 15.7. The van der Waals surface area contributed by atoms with E-state index in [0.29, 0.717) is 47.2 Å². The second-order valence-corrected chi connectivity index (χ2v) is 12.0. The van der Waals surface area contributed by atoms with Gasteiger partial charge in [-0.25, -0.2) is 14.5 Å². The highest BCUT2D eigenvalue weighted by Gasteiger charge is 2.39. The number of ether oxygens (including phenoxy) is 2. The van der Waals surface area contributed by atoms with Gasteiger partial charge < -0.3 is 24.3 Å². The highest BCUT2D eigenvalue weighted by atomic mass is 31.2. The number of rotatable bonds is 16. The zero-order chi connectivity index (χ0) is 40.3. The van der Waals surface area contributed by atoms with Gasteiger partial charge in [0.05, 0.1) is 30.6 Å². The molecule has 2 aromatic heterocycles. The molecule has 0 bridgehead atoms. The standard InChI is InChI=1S/C32H44N5O6P/c1-7-9-19-32(6,21-41-44(39,43-24-15-11-10-12-16-24)36-23(5)31(38)42-22(3)4)37-27(20-40-8-2)35-28-29(37)25-17-13-14-18-26(25)34-30(28)33/h10-18,22-23H,7-9,19-21H2,1-6H3,(H2,33,34)(H,36,39)/t23-,32+,44-/m0/s1/i3D3,4D3,5D3,22D. The molecule has 0 saturated carbocycles. The van der Waals surface area contributed by atoms with E-state index in [-0.39, 0.29) is 18.2 Å². The Bertz CT molecular complexity index is 1960. The van der Waals surface area contributed by atoms with E-state index in [9.17, 15) is 9.36 Å². The molecule has 0 spiro atoms. The summed E-state index contributed by atoms with van der Waals surface area (Å²) < 4.78 is 117. The third-order valence-corrected chi connectivity index (χ3v) is 8.37. The van der Waals surface area contributed by atoms with E-state index in [1.54, 1.807) is 25.1 Å². The van der Waals surface area contributed by atoms with E-state index < -0.39 is 58.5 Å². The number of carbonyl (C=O) groups is 1. The average Bonchev–Trinajstić information content (AvgIpc) is 3.48. The van der Waals surface area contributed by atoms with E-state index in [0.717, 1.165) is 6.42 Å². The van der Waals surface area contributed by atoms with Gasteiger partial charge in [-0.05, 0) is 59.0 Å². The van der Waals surface area contributed by atoms with Gasteiger partial charge in [0.15, 0.2) is 5.82 Å². The fraction of sp³-hybridized carbons (Fsp3) is 0.469. The van der Waals surface area contributed by atoms with E-state index >= 15 is 0 Å². The predicted molar refractivity (Wildman–Crippen MR) is 172 cm³/mol. The summed E-state index contributed by atoms with van der Waals surface area (Å²) in [4.78, 5) is 22.8. The molecule has 2 heterocycles. The maximum Gasteiger partial charge on any atom is 0.459 e. The third-order valence-electron chi connectivity index (χ3n) is 6.87. The van der Waals surface area contributed by atoms with Crippen LogP contribution in [-0.2, 0) is 35.5 Å². The van der Waals surface area contributed by atoms with Crippen molar-refractivity contribution in [2.45, 2.75) is 84.9 Å². The summed E-state index contributed by atoms with van der Waals surface area (Å²) in [6.45, 7) is -5.46. The minimum absolute atomic E-state index is 0.0336. The molecule has 11 nitrogen and oxygen atoms in total. The molecule has 0 aliphatic heterocycles. The van der Waals surface area contributed by atoms with Crippen molar-refractivity contribution in [2.24, 2.45) is 0 Å². The van der Waals surface area contributed by atoms with Crippen molar-refractivity contribution >= 4 is 41.5 Å². The van der Waals surface area contributed by atoms with Gasteiger partial charge in [0, 0.05) is 24.3 Å². The number of benzene rings is 2. The van der Waals surface area contributed by atoms with E-state index in [2.05, 4.69) is 14.8 Å². The van der Waals surface area contributed by atoms with Gasteiger partial charge in [-0.2, -0.15) is 5.09 Å². The Hall–Kier alpha value is -3.50. The van der Waals surface area contributed by atoms with Crippen molar-refractivity contribution in [3.63, 3.8) is 0 Å². The van der Waals surface area contributed by atoms with Gasteiger partial charge in [-0.3, -0.25) is 9.32 Å². The van der Waals surface area contributed by atoms with Crippen molar-refractivity contribution in [1.82, 2.24) is 19.6 Å². The molecule has 2 aromatic carbocycles. The topological polar surface area (TPSA) is 140 Å². The fourth-order valence-electron chi connectivity index (χ4n) is 4.83. The van der Waals surface area contributed by atoms with Crippen molar-refractivity contribution in [2.75, 3.05) is 18.9 Å². The van der Waals surface area contributed by atoms with Crippen LogP contribution in [0.1, 0.15) is 80.1 Å². The first-order chi connectivity index (χ1) is 25.0. The number of nitrogens with zero attached hydrogens (tertiary/aromatic N) is 3. The molecule has 44 heavy (non-hydrogen) atoms. The third kappa shape index (κ3) is 7.77. The van der Waals surface area contributed by atoms with Crippen LogP contribution in [0.15, 0.2) is 54.6 Å². The second-order valence-electron chi connectivity index (χ2n) is 10.3. The number of imidazole rings is 1. The summed E-state index contributed by atoms with van der Waals surface area (Å²) in [6.07, 6.45) is -2.17. The number of carbonyl (C=O) groups excluding carboxylic acids is 1. The average molecular weight is 636 g/mol. The number of unbranched alkanes of at least 4 members (excludes halogenated alkanes) is 1. The first-order valence-electron chi connectivity index (χ1n) is 19.1. The summed E-state index contributed by atoms with van der Waals surface area (Å²) in [5.74, 6) is -1.51. The largest absolute Gasteiger partial charge is 0.462 e. The predicted octanol–water partition coefficient (Wildman–Crippen LogP) is 6.74. The Balaban J connectivity index is 1.86. The Morgan fingerprint density at radius 3 is 2.59 bits per heavy atom. The second kappa shape index (κ2) is 14.5. The number of fused-ring (bicyclic) bond motifs is 3. The molecule has 0 aliphatic rings. The number of nitrogens with one attached hydrogen (secondary N) is 1. The van der Waals surface area contributed by atoms with Crippen LogP contribution < -0.4 is 15.3 Å². The van der Waals surface area contributed by atoms with Crippen LogP contribution in [0.25, 0.3) is 21.9 Å². The number of aromatic nitrogens is 3. The van der Waals surface area contributed by atoms with Crippen molar-refractivity contribution < 1.29 is 41.6 Å². The molecule has 4 rings (SSSR count). The van der Waals surface area contributed by atoms with Crippen LogP contribution >= 0.6 is 7.75 Å². The monoisotopic (exact) mass is 635 g/mol. The Morgan fingerprint density at radius 2 is 1.89 bits per heavy atom. The van der Waals surface area contributed by atoms with Crippen molar-refractivity contribution in [3.05, 3.63) is 60.4 Å². The van der Waals surface area contributed by atoms with Crippen LogP contribution in [0.2, 0.25) is 0 Å². The molecule has 0 amide bonds. The number of nitrogen functional groups attached to an aromatic ring is 1. The van der Waals surface area contributed by atoms with Crippen LogP contribution in [0, 0.1) is 0 Å².